The Hall–Kier alpha value is -3.17. The van der Waals surface area contributed by atoms with Crippen molar-refractivity contribution in [1.82, 2.24) is 10.3 Å². The van der Waals surface area contributed by atoms with Gasteiger partial charge in [0.15, 0.2) is 0 Å². The Labute approximate surface area is 172 Å². The first-order valence-corrected chi connectivity index (χ1v) is 10.1. The van der Waals surface area contributed by atoms with Crippen molar-refractivity contribution in [3.8, 4) is 0 Å². The zero-order chi connectivity index (χ0) is 20.8. The van der Waals surface area contributed by atoms with Crippen LogP contribution in [0, 0.1) is 0 Å². The lowest BCUT2D eigenvalue weighted by atomic mass is 10.1. The molecule has 152 valence electrons. The molecule has 8 nitrogen and oxygen atoms in total. The fraction of sp³-hybridized carbons (Fsp3) is 0.250. The molecule has 0 aliphatic rings. The van der Waals surface area contributed by atoms with Crippen molar-refractivity contribution < 1.29 is 9.59 Å². The molecule has 0 saturated heterocycles. The highest BCUT2D eigenvalue weighted by Gasteiger charge is 2.17. The van der Waals surface area contributed by atoms with Crippen LogP contribution in [0.25, 0.3) is 10.2 Å². The molecule has 0 fully saturated rings. The van der Waals surface area contributed by atoms with Crippen molar-refractivity contribution in [3.05, 3.63) is 46.8 Å². The molecule has 3 rings (SSSR count). The summed E-state index contributed by atoms with van der Waals surface area (Å²) in [6, 6.07) is 11.5. The van der Waals surface area contributed by atoms with E-state index in [9.17, 15) is 9.59 Å². The molecule has 2 heterocycles. The molecular formula is C20H24N6O2S. The molecule has 0 aliphatic heterocycles. The van der Waals surface area contributed by atoms with Gasteiger partial charge in [0, 0.05) is 37.6 Å². The van der Waals surface area contributed by atoms with E-state index in [4.69, 9.17) is 11.5 Å². The number of nitrogen functional groups attached to an aromatic ring is 1. The molecule has 3 aromatic rings. The lowest BCUT2D eigenvalue weighted by Gasteiger charge is -2.07. The van der Waals surface area contributed by atoms with Gasteiger partial charge in [0.25, 0.3) is 5.91 Å². The van der Waals surface area contributed by atoms with Crippen molar-refractivity contribution >= 4 is 50.6 Å². The summed E-state index contributed by atoms with van der Waals surface area (Å²) in [6.45, 7) is 3.22. The van der Waals surface area contributed by atoms with E-state index in [1.54, 1.807) is 12.1 Å². The molecule has 2 aromatic heterocycles. The van der Waals surface area contributed by atoms with Crippen LogP contribution in [0.4, 0.5) is 17.2 Å². The number of hydrogen-bond donors (Lipinski definition) is 5. The normalized spacial score (nSPS) is 10.7. The molecule has 0 unspecified atom stereocenters. The number of thiophene rings is 1. The zero-order valence-electron chi connectivity index (χ0n) is 16.1. The van der Waals surface area contributed by atoms with Crippen LogP contribution in [-0.4, -0.2) is 36.4 Å². The number of amides is 2. The molecule has 7 N–H and O–H groups in total. The number of nitrogens with one attached hydrogen (secondary N) is 3. The average molecular weight is 413 g/mol. The molecule has 0 radical (unpaired) electrons. The van der Waals surface area contributed by atoms with E-state index in [1.807, 2.05) is 24.3 Å². The maximum atomic E-state index is 12.6. The quantitative estimate of drug-likeness (QED) is 0.385. The minimum Gasteiger partial charge on any atom is -0.397 e. The summed E-state index contributed by atoms with van der Waals surface area (Å²) in [5.74, 6) is -0.00189. The van der Waals surface area contributed by atoms with Crippen LogP contribution in [0.3, 0.4) is 0 Å². The van der Waals surface area contributed by atoms with Crippen molar-refractivity contribution in [2.75, 3.05) is 36.0 Å². The van der Waals surface area contributed by atoms with Crippen LogP contribution in [0.15, 0.2) is 36.4 Å². The molecule has 9 heteroatoms. The SMILES string of the molecule is CC(=O)Nc1ccc2c(N)c(C(=O)NCCc3ccc(NCCN)cc3)sc2n1. The number of fused-ring (bicyclic) bond motifs is 1. The topological polar surface area (TPSA) is 135 Å². The van der Waals surface area contributed by atoms with Gasteiger partial charge in [0.05, 0.1) is 5.69 Å². The lowest BCUT2D eigenvalue weighted by molar-refractivity contribution is -0.114. The summed E-state index contributed by atoms with van der Waals surface area (Å²) in [4.78, 5) is 29.1. The second kappa shape index (κ2) is 9.35. The summed E-state index contributed by atoms with van der Waals surface area (Å²) in [5.41, 5.74) is 14.2. The fourth-order valence-corrected chi connectivity index (χ4v) is 3.83. The summed E-state index contributed by atoms with van der Waals surface area (Å²) < 4.78 is 0. The van der Waals surface area contributed by atoms with Crippen molar-refractivity contribution in [1.29, 1.82) is 0 Å². The second-order valence-electron chi connectivity index (χ2n) is 6.49. The largest absolute Gasteiger partial charge is 0.397 e. The highest BCUT2D eigenvalue weighted by molar-refractivity contribution is 7.21. The number of nitrogens with two attached hydrogens (primary N) is 2. The third-order valence-corrected chi connectivity index (χ3v) is 5.34. The summed E-state index contributed by atoms with van der Waals surface area (Å²) in [5, 5.41) is 9.45. The number of rotatable bonds is 8. The van der Waals surface area contributed by atoms with E-state index in [0.717, 1.165) is 17.8 Å². The van der Waals surface area contributed by atoms with E-state index in [1.165, 1.54) is 18.3 Å². The number of nitrogens with zero attached hydrogens (tertiary/aromatic N) is 1. The van der Waals surface area contributed by atoms with Gasteiger partial charge in [-0.15, -0.1) is 11.3 Å². The van der Waals surface area contributed by atoms with Crippen LogP contribution >= 0.6 is 11.3 Å². The number of pyridine rings is 1. The first-order valence-electron chi connectivity index (χ1n) is 9.25. The van der Waals surface area contributed by atoms with E-state index in [2.05, 4.69) is 20.9 Å². The van der Waals surface area contributed by atoms with Gasteiger partial charge < -0.3 is 27.4 Å². The van der Waals surface area contributed by atoms with Gasteiger partial charge in [-0.1, -0.05) is 12.1 Å². The predicted octanol–water partition coefficient (Wildman–Crippen LogP) is 2.18. The third-order valence-electron chi connectivity index (χ3n) is 4.23. The number of carbonyl (C=O) groups is 2. The van der Waals surface area contributed by atoms with E-state index in [-0.39, 0.29) is 11.8 Å². The van der Waals surface area contributed by atoms with Gasteiger partial charge in [0.1, 0.15) is 15.5 Å². The standard InChI is InChI=1S/C20H24N6O2S/c1-12(27)25-16-7-6-15-17(22)18(29-20(15)26-16)19(28)24-10-8-13-2-4-14(5-3-13)23-11-9-21/h2-7,23H,8-11,21-22H2,1H3,(H,24,28)(H,25,26,27). The zero-order valence-corrected chi connectivity index (χ0v) is 16.9. The Kier molecular flexibility index (Phi) is 6.63. The Morgan fingerprint density at radius 3 is 2.55 bits per heavy atom. The van der Waals surface area contributed by atoms with Crippen molar-refractivity contribution in [3.63, 3.8) is 0 Å². The van der Waals surface area contributed by atoms with Crippen LogP contribution < -0.4 is 27.4 Å². The first-order chi connectivity index (χ1) is 14.0. The molecular weight excluding hydrogens is 388 g/mol. The molecule has 0 bridgehead atoms. The molecule has 2 amide bonds. The lowest BCUT2D eigenvalue weighted by Crippen LogP contribution is -2.25. The predicted molar refractivity (Wildman–Crippen MR) is 118 cm³/mol. The Balaban J connectivity index is 1.61. The monoisotopic (exact) mass is 412 g/mol. The van der Waals surface area contributed by atoms with E-state index < -0.39 is 0 Å². The van der Waals surface area contributed by atoms with Gasteiger partial charge in [-0.05, 0) is 36.2 Å². The number of aromatic nitrogens is 1. The molecule has 0 aliphatic carbocycles. The second-order valence-corrected chi connectivity index (χ2v) is 7.49. The number of hydrogen-bond acceptors (Lipinski definition) is 7. The Morgan fingerprint density at radius 2 is 1.86 bits per heavy atom. The third kappa shape index (κ3) is 5.21. The van der Waals surface area contributed by atoms with Crippen LogP contribution in [0.5, 0.6) is 0 Å². The van der Waals surface area contributed by atoms with Gasteiger partial charge in [-0.3, -0.25) is 9.59 Å². The van der Waals surface area contributed by atoms with E-state index in [0.29, 0.717) is 46.1 Å². The van der Waals surface area contributed by atoms with Crippen LogP contribution in [0.2, 0.25) is 0 Å². The summed E-state index contributed by atoms with van der Waals surface area (Å²) in [6.07, 6.45) is 0.707. The molecule has 1 aromatic carbocycles. The Bertz CT molecular complexity index is 1020. The number of benzene rings is 1. The molecule has 0 saturated carbocycles. The van der Waals surface area contributed by atoms with Gasteiger partial charge in [-0.25, -0.2) is 4.98 Å². The minimum absolute atomic E-state index is 0.206. The molecule has 0 spiro atoms. The highest BCUT2D eigenvalue weighted by Crippen LogP contribution is 2.33. The number of anilines is 3. The van der Waals surface area contributed by atoms with Gasteiger partial charge in [-0.2, -0.15) is 0 Å². The van der Waals surface area contributed by atoms with Crippen LogP contribution in [0.1, 0.15) is 22.2 Å². The summed E-state index contributed by atoms with van der Waals surface area (Å²) >= 11 is 1.21. The van der Waals surface area contributed by atoms with Crippen molar-refractivity contribution in [2.24, 2.45) is 5.73 Å². The fourth-order valence-electron chi connectivity index (χ4n) is 2.82. The van der Waals surface area contributed by atoms with Crippen LogP contribution in [-0.2, 0) is 11.2 Å². The minimum atomic E-state index is -0.229. The van der Waals surface area contributed by atoms with Gasteiger partial charge in [0.2, 0.25) is 5.91 Å². The number of carbonyl (C=O) groups excluding carboxylic acids is 2. The average Bonchev–Trinajstić information content (AvgIpc) is 3.03. The molecule has 29 heavy (non-hydrogen) atoms. The maximum Gasteiger partial charge on any atom is 0.263 e. The van der Waals surface area contributed by atoms with Crippen molar-refractivity contribution in [2.45, 2.75) is 13.3 Å². The molecule has 0 atom stereocenters. The van der Waals surface area contributed by atoms with Gasteiger partial charge >= 0.3 is 0 Å². The highest BCUT2D eigenvalue weighted by atomic mass is 32.1. The Morgan fingerprint density at radius 1 is 1.10 bits per heavy atom. The maximum absolute atomic E-state index is 12.6. The van der Waals surface area contributed by atoms with E-state index >= 15 is 0 Å². The smallest absolute Gasteiger partial charge is 0.263 e. The summed E-state index contributed by atoms with van der Waals surface area (Å²) in [7, 11) is 0. The first kappa shape index (κ1) is 20.6.